The smallest absolute Gasteiger partial charge is 0.407 e. The van der Waals surface area contributed by atoms with E-state index in [0.717, 1.165) is 46.3 Å². The summed E-state index contributed by atoms with van der Waals surface area (Å²) in [6.45, 7) is 3.10. The van der Waals surface area contributed by atoms with Crippen LogP contribution in [0.4, 0.5) is 15.3 Å². The maximum atomic E-state index is 14.0. The number of anilines is 1. The average Bonchev–Trinajstić information content (AvgIpc) is 4.12. The molecule has 4 fully saturated rings. The van der Waals surface area contributed by atoms with Gasteiger partial charge in [-0.05, 0) is 93.5 Å². The lowest BCUT2D eigenvalue weighted by molar-refractivity contribution is -0.140. The summed E-state index contributed by atoms with van der Waals surface area (Å²) in [6, 6.07) is 15.0. The lowest BCUT2D eigenvalue weighted by Gasteiger charge is -2.34. The van der Waals surface area contributed by atoms with E-state index in [1.807, 2.05) is 53.4 Å². The highest BCUT2D eigenvalue weighted by Crippen LogP contribution is 2.35. The van der Waals surface area contributed by atoms with E-state index in [4.69, 9.17) is 28.9 Å². The second-order valence-electron chi connectivity index (χ2n) is 16.4. The molecule has 0 saturated carbocycles. The van der Waals surface area contributed by atoms with Crippen molar-refractivity contribution in [1.82, 2.24) is 35.4 Å². The predicted octanol–water partition coefficient (Wildman–Crippen LogP) is 5.19. The topological polar surface area (TPSA) is 206 Å². The van der Waals surface area contributed by atoms with Gasteiger partial charge >= 0.3 is 12.2 Å². The number of benzene rings is 2. The molecular weight excluding hydrogens is 797 g/mol. The summed E-state index contributed by atoms with van der Waals surface area (Å²) in [5.41, 5.74) is 4.78. The first-order chi connectivity index (χ1) is 30.2. The van der Waals surface area contributed by atoms with Crippen LogP contribution in [0.1, 0.15) is 63.2 Å². The molecule has 2 aromatic carbocycles. The molecule has 0 unspecified atom stereocenters. The number of carbonyl (C=O) groups is 5. The summed E-state index contributed by atoms with van der Waals surface area (Å²) in [4.78, 5) is 82.4. The third-order valence-corrected chi connectivity index (χ3v) is 12.7. The Morgan fingerprint density at radius 3 is 1.97 bits per heavy atom. The molecule has 62 heavy (non-hydrogen) atoms. The van der Waals surface area contributed by atoms with Gasteiger partial charge in [-0.3, -0.25) is 14.4 Å². The van der Waals surface area contributed by atoms with Crippen molar-refractivity contribution < 1.29 is 42.9 Å². The minimum Gasteiger partial charge on any atom is -0.453 e. The molecule has 6 heterocycles. The van der Waals surface area contributed by atoms with Crippen LogP contribution in [0.5, 0.6) is 0 Å². The monoisotopic (exact) mass is 850 g/mol. The second kappa shape index (κ2) is 19.3. The SMILES string of the molecule is COC(=O)N[C@H](C(=O)N1CCC[C@H]1C(=O)Nc1ccc(-c2ccc3cc(-c4cnc([C@@H]5CCCN5C(=O)[C@@H](NC(=O)OC)C5CCOCC5)[nH]4)ccc3n2)cc1)C1CCOCC1. The number of aromatic nitrogens is 3. The molecule has 17 heteroatoms. The fraction of sp³-hybridized carbons (Fsp3) is 0.489. The predicted molar refractivity (Wildman–Crippen MR) is 228 cm³/mol. The van der Waals surface area contributed by atoms with Gasteiger partial charge < -0.3 is 49.7 Å². The van der Waals surface area contributed by atoms with Gasteiger partial charge in [0, 0.05) is 61.7 Å². The summed E-state index contributed by atoms with van der Waals surface area (Å²) in [5.74, 6) is -0.156. The van der Waals surface area contributed by atoms with Crippen LogP contribution in [-0.2, 0) is 33.3 Å². The molecule has 5 amide bonds. The van der Waals surface area contributed by atoms with Gasteiger partial charge in [0.1, 0.15) is 23.9 Å². The van der Waals surface area contributed by atoms with E-state index in [-0.39, 0.29) is 35.6 Å². The summed E-state index contributed by atoms with van der Waals surface area (Å²) in [7, 11) is 2.56. The van der Waals surface area contributed by atoms with E-state index in [1.54, 1.807) is 11.1 Å². The van der Waals surface area contributed by atoms with Gasteiger partial charge in [0.05, 0.1) is 43.4 Å². The standard InChI is InChI=1S/C45H54N8O9/c1-59-44(57)50-38(28-15-21-61-22-16-28)42(55)52-19-3-5-36(52)40-46-26-35(49-40)31-10-14-34-30(25-31)9-13-33(48-34)27-7-11-32(12-8-27)47-41(54)37-6-4-20-53(37)43(56)39(51-45(58)60-2)29-17-23-62-24-18-29/h7-14,25-26,28-29,36-39H,3-6,15-24H2,1-2H3,(H,46,49)(H,47,54)(H,50,57)(H,51,58)/t36-,37-,38-,39-/m0/s1. The molecule has 0 aliphatic carbocycles. The number of ether oxygens (including phenoxy) is 4. The number of carbonyl (C=O) groups excluding carboxylic acids is 5. The molecule has 4 N–H and O–H groups in total. The van der Waals surface area contributed by atoms with Crippen molar-refractivity contribution in [2.24, 2.45) is 11.8 Å². The quantitative estimate of drug-likeness (QED) is 0.155. The molecule has 17 nitrogen and oxygen atoms in total. The molecule has 4 aliphatic heterocycles. The molecule has 8 rings (SSSR count). The summed E-state index contributed by atoms with van der Waals surface area (Å²) < 4.78 is 20.7. The second-order valence-corrected chi connectivity index (χ2v) is 16.4. The zero-order valence-corrected chi connectivity index (χ0v) is 35.1. The van der Waals surface area contributed by atoms with E-state index in [1.165, 1.54) is 14.2 Å². The number of hydrogen-bond acceptors (Lipinski definition) is 11. The van der Waals surface area contributed by atoms with Crippen LogP contribution in [0, 0.1) is 11.8 Å². The Balaban J connectivity index is 0.910. The largest absolute Gasteiger partial charge is 0.453 e. The highest BCUT2D eigenvalue weighted by molar-refractivity contribution is 5.99. The van der Waals surface area contributed by atoms with Crippen molar-refractivity contribution in [3.05, 3.63) is 66.6 Å². The fourth-order valence-electron chi connectivity index (χ4n) is 9.26. The van der Waals surface area contributed by atoms with Gasteiger partial charge in [0.25, 0.3) is 0 Å². The van der Waals surface area contributed by atoms with Gasteiger partial charge in [-0.2, -0.15) is 0 Å². The number of alkyl carbamates (subject to hydrolysis) is 2. The first-order valence-electron chi connectivity index (χ1n) is 21.5. The van der Waals surface area contributed by atoms with Crippen molar-refractivity contribution in [2.75, 3.05) is 59.1 Å². The lowest BCUT2D eigenvalue weighted by Crippen LogP contribution is -2.56. The molecule has 0 radical (unpaired) electrons. The molecule has 2 aromatic heterocycles. The Bertz CT molecular complexity index is 2250. The highest BCUT2D eigenvalue weighted by Gasteiger charge is 2.42. The molecule has 0 spiro atoms. The van der Waals surface area contributed by atoms with Gasteiger partial charge in [0.2, 0.25) is 17.7 Å². The Morgan fingerprint density at radius 2 is 1.32 bits per heavy atom. The number of fused-ring (bicyclic) bond motifs is 1. The number of likely N-dealkylation sites (tertiary alicyclic amines) is 2. The lowest BCUT2D eigenvalue weighted by atomic mass is 9.90. The van der Waals surface area contributed by atoms with Gasteiger partial charge in [-0.15, -0.1) is 0 Å². The van der Waals surface area contributed by atoms with Gasteiger partial charge in [-0.1, -0.05) is 24.3 Å². The highest BCUT2D eigenvalue weighted by atomic mass is 16.5. The minimum absolute atomic E-state index is 0.0442. The minimum atomic E-state index is -0.800. The molecule has 4 saturated heterocycles. The summed E-state index contributed by atoms with van der Waals surface area (Å²) in [6.07, 6.45) is 5.87. The van der Waals surface area contributed by atoms with Crippen molar-refractivity contribution in [1.29, 1.82) is 0 Å². The normalized spacial score (nSPS) is 20.7. The van der Waals surface area contributed by atoms with E-state index in [2.05, 4.69) is 27.0 Å². The van der Waals surface area contributed by atoms with Crippen molar-refractivity contribution in [3.63, 3.8) is 0 Å². The number of pyridine rings is 1. The van der Waals surface area contributed by atoms with Crippen LogP contribution in [0.15, 0.2) is 60.8 Å². The van der Waals surface area contributed by atoms with Crippen LogP contribution < -0.4 is 16.0 Å². The van der Waals surface area contributed by atoms with Crippen molar-refractivity contribution in [3.8, 4) is 22.5 Å². The molecule has 0 bridgehead atoms. The number of amides is 5. The Kier molecular flexibility index (Phi) is 13.3. The molecule has 4 atom stereocenters. The van der Waals surface area contributed by atoms with Crippen molar-refractivity contribution >= 4 is 46.5 Å². The first-order valence-corrected chi connectivity index (χ1v) is 21.5. The van der Waals surface area contributed by atoms with Crippen LogP contribution in [0.2, 0.25) is 0 Å². The number of nitrogens with zero attached hydrogens (tertiary/aromatic N) is 4. The third kappa shape index (κ3) is 9.38. The fourth-order valence-corrected chi connectivity index (χ4v) is 9.26. The number of nitrogens with one attached hydrogen (secondary N) is 4. The molecule has 4 aliphatic rings. The number of rotatable bonds is 11. The third-order valence-electron chi connectivity index (χ3n) is 12.7. The maximum absolute atomic E-state index is 14.0. The van der Waals surface area contributed by atoms with Crippen LogP contribution in [-0.4, -0.2) is 127 Å². The van der Waals surface area contributed by atoms with Crippen LogP contribution in [0.3, 0.4) is 0 Å². The zero-order valence-electron chi connectivity index (χ0n) is 35.1. The Labute approximate surface area is 359 Å². The number of H-pyrrole nitrogens is 1. The Hall–Kier alpha value is -6.07. The summed E-state index contributed by atoms with van der Waals surface area (Å²) in [5, 5.41) is 9.45. The number of methoxy groups -OCH3 is 2. The van der Waals surface area contributed by atoms with Crippen molar-refractivity contribution in [2.45, 2.75) is 75.5 Å². The summed E-state index contributed by atoms with van der Waals surface area (Å²) >= 11 is 0. The average molecular weight is 851 g/mol. The van der Waals surface area contributed by atoms with E-state index in [9.17, 15) is 24.0 Å². The molecule has 328 valence electrons. The van der Waals surface area contributed by atoms with E-state index in [0.29, 0.717) is 89.6 Å². The van der Waals surface area contributed by atoms with Crippen LogP contribution in [0.25, 0.3) is 33.4 Å². The molecular formula is C45H54N8O9. The molecule has 4 aromatic rings. The van der Waals surface area contributed by atoms with Crippen LogP contribution >= 0.6 is 0 Å². The Morgan fingerprint density at radius 1 is 0.726 bits per heavy atom. The number of aromatic amines is 1. The van der Waals surface area contributed by atoms with E-state index >= 15 is 0 Å². The zero-order chi connectivity index (χ0) is 43.2. The first kappa shape index (κ1) is 42.6. The van der Waals surface area contributed by atoms with Gasteiger partial charge in [-0.25, -0.2) is 19.6 Å². The van der Waals surface area contributed by atoms with E-state index < -0.39 is 30.3 Å². The number of imidazole rings is 1. The number of hydrogen-bond donors (Lipinski definition) is 4. The maximum Gasteiger partial charge on any atom is 0.407 e. The van der Waals surface area contributed by atoms with Gasteiger partial charge in [0.15, 0.2) is 0 Å².